The third-order valence-electron chi connectivity index (χ3n) is 3.05. The predicted octanol–water partition coefficient (Wildman–Crippen LogP) is 2.13. The van der Waals surface area contributed by atoms with Gasteiger partial charge in [-0.25, -0.2) is 0 Å². The lowest BCUT2D eigenvalue weighted by molar-refractivity contribution is -0.136. The molecule has 0 atom stereocenters. The summed E-state index contributed by atoms with van der Waals surface area (Å²) < 4.78 is 4.93. The predicted molar refractivity (Wildman–Crippen MR) is 66.6 cm³/mol. The van der Waals surface area contributed by atoms with Crippen molar-refractivity contribution >= 4 is 5.91 Å². The lowest BCUT2D eigenvalue weighted by Gasteiger charge is -2.22. The van der Waals surface area contributed by atoms with Crippen LogP contribution >= 0.6 is 0 Å². The standard InChI is InChI=1S/C14H19NO2/c1-11-3-5-12(6-4-11)9-15(13-7-8-13)14(16)10-17-2/h3-6,13H,7-10H2,1-2H3. The van der Waals surface area contributed by atoms with Gasteiger partial charge in [0.1, 0.15) is 6.61 Å². The van der Waals surface area contributed by atoms with Crippen LogP contribution in [0, 0.1) is 6.92 Å². The van der Waals surface area contributed by atoms with E-state index >= 15 is 0 Å². The van der Waals surface area contributed by atoms with E-state index in [0.717, 1.165) is 12.8 Å². The van der Waals surface area contributed by atoms with Crippen LogP contribution in [-0.4, -0.2) is 30.6 Å². The third-order valence-corrected chi connectivity index (χ3v) is 3.05. The number of aryl methyl sites for hydroxylation is 1. The van der Waals surface area contributed by atoms with E-state index in [1.165, 1.54) is 11.1 Å². The number of benzene rings is 1. The average molecular weight is 233 g/mol. The Hall–Kier alpha value is -1.35. The summed E-state index contributed by atoms with van der Waals surface area (Å²) in [5.41, 5.74) is 2.43. The first-order valence-corrected chi connectivity index (χ1v) is 6.04. The molecule has 1 fully saturated rings. The highest BCUT2D eigenvalue weighted by molar-refractivity contribution is 5.78. The third kappa shape index (κ3) is 3.30. The Kier molecular flexibility index (Phi) is 3.79. The van der Waals surface area contributed by atoms with Crippen molar-refractivity contribution in [2.75, 3.05) is 13.7 Å². The molecule has 1 aliphatic rings. The number of methoxy groups -OCH3 is 1. The Morgan fingerprint density at radius 3 is 2.53 bits per heavy atom. The van der Waals surface area contributed by atoms with Crippen LogP contribution in [0.2, 0.25) is 0 Å². The van der Waals surface area contributed by atoms with E-state index in [1.54, 1.807) is 7.11 Å². The molecule has 1 aromatic carbocycles. The van der Waals surface area contributed by atoms with Crippen molar-refractivity contribution in [3.05, 3.63) is 35.4 Å². The summed E-state index contributed by atoms with van der Waals surface area (Å²) in [4.78, 5) is 13.8. The number of rotatable bonds is 5. The fraction of sp³-hybridized carbons (Fsp3) is 0.500. The highest BCUT2D eigenvalue weighted by atomic mass is 16.5. The van der Waals surface area contributed by atoms with Crippen molar-refractivity contribution in [3.8, 4) is 0 Å². The molecule has 92 valence electrons. The molecule has 0 bridgehead atoms. The molecule has 0 radical (unpaired) electrons. The molecule has 3 heteroatoms. The van der Waals surface area contributed by atoms with E-state index in [-0.39, 0.29) is 12.5 Å². The lowest BCUT2D eigenvalue weighted by Crippen LogP contribution is -2.35. The van der Waals surface area contributed by atoms with E-state index in [2.05, 4.69) is 31.2 Å². The van der Waals surface area contributed by atoms with Crippen molar-refractivity contribution in [1.82, 2.24) is 4.90 Å². The minimum absolute atomic E-state index is 0.0931. The summed E-state index contributed by atoms with van der Waals surface area (Å²) in [6.07, 6.45) is 2.25. The number of hydrogen-bond donors (Lipinski definition) is 0. The minimum atomic E-state index is 0.0931. The van der Waals surface area contributed by atoms with Gasteiger partial charge in [-0.05, 0) is 25.3 Å². The number of carbonyl (C=O) groups is 1. The maximum atomic E-state index is 11.9. The molecule has 0 aliphatic heterocycles. The fourth-order valence-electron chi connectivity index (χ4n) is 1.90. The van der Waals surface area contributed by atoms with E-state index in [0.29, 0.717) is 12.6 Å². The first-order chi connectivity index (χ1) is 8.20. The van der Waals surface area contributed by atoms with Crippen LogP contribution in [0.4, 0.5) is 0 Å². The zero-order valence-electron chi connectivity index (χ0n) is 10.5. The normalized spacial score (nSPS) is 14.7. The van der Waals surface area contributed by atoms with Gasteiger partial charge >= 0.3 is 0 Å². The molecular formula is C14H19NO2. The van der Waals surface area contributed by atoms with Gasteiger partial charge in [-0.15, -0.1) is 0 Å². The Labute approximate surface area is 102 Å². The molecule has 0 aromatic heterocycles. The largest absolute Gasteiger partial charge is 0.375 e. The molecule has 1 aromatic rings. The molecule has 3 nitrogen and oxygen atoms in total. The van der Waals surface area contributed by atoms with Crippen LogP contribution in [-0.2, 0) is 16.1 Å². The first-order valence-electron chi connectivity index (χ1n) is 6.04. The van der Waals surface area contributed by atoms with Gasteiger partial charge in [0.15, 0.2) is 0 Å². The van der Waals surface area contributed by atoms with E-state index in [4.69, 9.17) is 4.74 Å². The smallest absolute Gasteiger partial charge is 0.249 e. The Balaban J connectivity index is 2.02. The zero-order valence-corrected chi connectivity index (χ0v) is 10.5. The van der Waals surface area contributed by atoms with Gasteiger partial charge < -0.3 is 9.64 Å². The monoisotopic (exact) mass is 233 g/mol. The van der Waals surface area contributed by atoms with Gasteiger partial charge in [-0.1, -0.05) is 29.8 Å². The molecule has 0 N–H and O–H groups in total. The average Bonchev–Trinajstić information content (AvgIpc) is 3.12. The Morgan fingerprint density at radius 1 is 1.35 bits per heavy atom. The molecule has 0 unspecified atom stereocenters. The quantitative estimate of drug-likeness (QED) is 0.779. The number of nitrogens with zero attached hydrogens (tertiary/aromatic N) is 1. The molecular weight excluding hydrogens is 214 g/mol. The van der Waals surface area contributed by atoms with Gasteiger partial charge in [0.05, 0.1) is 0 Å². The van der Waals surface area contributed by atoms with Crippen LogP contribution in [0.5, 0.6) is 0 Å². The highest BCUT2D eigenvalue weighted by Crippen LogP contribution is 2.28. The Morgan fingerprint density at radius 2 is 2.00 bits per heavy atom. The van der Waals surface area contributed by atoms with E-state index in [1.807, 2.05) is 4.90 Å². The van der Waals surface area contributed by atoms with Crippen LogP contribution in [0.25, 0.3) is 0 Å². The van der Waals surface area contributed by atoms with Crippen LogP contribution in [0.1, 0.15) is 24.0 Å². The SMILES string of the molecule is COCC(=O)N(Cc1ccc(C)cc1)C1CC1. The second-order valence-electron chi connectivity index (χ2n) is 4.67. The number of carbonyl (C=O) groups excluding carboxylic acids is 1. The van der Waals surface area contributed by atoms with Crippen molar-refractivity contribution in [2.45, 2.75) is 32.4 Å². The summed E-state index contributed by atoms with van der Waals surface area (Å²) >= 11 is 0. The van der Waals surface area contributed by atoms with Crippen molar-refractivity contribution in [3.63, 3.8) is 0 Å². The summed E-state index contributed by atoms with van der Waals surface area (Å²) in [5, 5.41) is 0. The summed E-state index contributed by atoms with van der Waals surface area (Å²) in [6, 6.07) is 8.77. The summed E-state index contributed by atoms with van der Waals surface area (Å²) in [6.45, 7) is 2.95. The molecule has 17 heavy (non-hydrogen) atoms. The molecule has 1 aliphatic carbocycles. The van der Waals surface area contributed by atoms with Gasteiger partial charge in [0, 0.05) is 19.7 Å². The molecule has 2 rings (SSSR count). The van der Waals surface area contributed by atoms with Crippen molar-refractivity contribution in [2.24, 2.45) is 0 Å². The minimum Gasteiger partial charge on any atom is -0.375 e. The van der Waals surface area contributed by atoms with Crippen LogP contribution in [0.3, 0.4) is 0 Å². The van der Waals surface area contributed by atoms with E-state index < -0.39 is 0 Å². The van der Waals surface area contributed by atoms with Gasteiger partial charge in [-0.2, -0.15) is 0 Å². The van der Waals surface area contributed by atoms with Crippen molar-refractivity contribution < 1.29 is 9.53 Å². The maximum absolute atomic E-state index is 11.9. The van der Waals surface area contributed by atoms with Gasteiger partial charge in [-0.3, -0.25) is 4.79 Å². The maximum Gasteiger partial charge on any atom is 0.249 e. The summed E-state index contributed by atoms with van der Waals surface area (Å²) in [5.74, 6) is 0.0931. The Bertz CT molecular complexity index is 382. The van der Waals surface area contributed by atoms with Gasteiger partial charge in [0.25, 0.3) is 0 Å². The lowest BCUT2D eigenvalue weighted by atomic mass is 10.1. The summed E-state index contributed by atoms with van der Waals surface area (Å²) in [7, 11) is 1.56. The first kappa shape index (κ1) is 12.1. The zero-order chi connectivity index (χ0) is 12.3. The molecule has 0 saturated heterocycles. The molecule has 1 saturated carbocycles. The molecule has 0 heterocycles. The number of amides is 1. The molecule has 0 spiro atoms. The second kappa shape index (κ2) is 5.32. The van der Waals surface area contributed by atoms with Gasteiger partial charge in [0.2, 0.25) is 5.91 Å². The number of ether oxygens (including phenoxy) is 1. The second-order valence-corrected chi connectivity index (χ2v) is 4.67. The van der Waals surface area contributed by atoms with Crippen LogP contribution < -0.4 is 0 Å². The van der Waals surface area contributed by atoms with Crippen LogP contribution in [0.15, 0.2) is 24.3 Å². The number of hydrogen-bond acceptors (Lipinski definition) is 2. The molecule has 1 amide bonds. The van der Waals surface area contributed by atoms with E-state index in [9.17, 15) is 4.79 Å². The topological polar surface area (TPSA) is 29.5 Å². The fourth-order valence-corrected chi connectivity index (χ4v) is 1.90. The highest BCUT2D eigenvalue weighted by Gasteiger charge is 2.32. The van der Waals surface area contributed by atoms with Crippen molar-refractivity contribution in [1.29, 1.82) is 0 Å².